The number of fused-ring (bicyclic) bond motifs is 1. The highest BCUT2D eigenvalue weighted by atomic mass is 16.5. The summed E-state index contributed by atoms with van der Waals surface area (Å²) in [6.45, 7) is 0.377. The molecule has 2 aromatic carbocycles. The van der Waals surface area contributed by atoms with Crippen LogP contribution in [0.25, 0.3) is 0 Å². The maximum Gasteiger partial charge on any atom is 0.259 e. The van der Waals surface area contributed by atoms with Crippen LogP contribution in [0.1, 0.15) is 15.9 Å². The summed E-state index contributed by atoms with van der Waals surface area (Å²) in [5, 5.41) is 18.9. The lowest BCUT2D eigenvalue weighted by Gasteiger charge is -2.15. The molecule has 1 heterocycles. The smallest absolute Gasteiger partial charge is 0.259 e. The third-order valence-electron chi connectivity index (χ3n) is 3.37. The average molecular weight is 271 g/mol. The highest BCUT2D eigenvalue weighted by Gasteiger charge is 2.31. The summed E-state index contributed by atoms with van der Waals surface area (Å²) < 4.78 is 5.21. The van der Waals surface area contributed by atoms with Crippen molar-refractivity contribution in [2.24, 2.45) is 0 Å². The summed E-state index contributed by atoms with van der Waals surface area (Å²) in [4.78, 5) is 14.0. The molecule has 1 aliphatic rings. The van der Waals surface area contributed by atoms with Crippen molar-refractivity contribution in [1.82, 2.24) is 0 Å². The van der Waals surface area contributed by atoms with E-state index in [1.54, 1.807) is 17.0 Å². The first-order valence-corrected chi connectivity index (χ1v) is 6.11. The molecule has 5 nitrogen and oxygen atoms in total. The average Bonchev–Trinajstić information content (AvgIpc) is 2.77. The maximum absolute atomic E-state index is 12.4. The van der Waals surface area contributed by atoms with Crippen LogP contribution in [0.2, 0.25) is 0 Å². The van der Waals surface area contributed by atoms with Gasteiger partial charge in [0.05, 0.1) is 19.2 Å². The van der Waals surface area contributed by atoms with Crippen LogP contribution in [0, 0.1) is 0 Å². The molecular formula is C15H13NO4. The molecule has 20 heavy (non-hydrogen) atoms. The van der Waals surface area contributed by atoms with Gasteiger partial charge in [-0.3, -0.25) is 4.79 Å². The Morgan fingerprint density at radius 2 is 1.80 bits per heavy atom. The number of benzene rings is 2. The number of phenols is 2. The van der Waals surface area contributed by atoms with Crippen LogP contribution in [0.5, 0.6) is 17.2 Å². The van der Waals surface area contributed by atoms with Gasteiger partial charge in [0.1, 0.15) is 17.2 Å². The van der Waals surface area contributed by atoms with Crippen molar-refractivity contribution in [3.8, 4) is 17.2 Å². The van der Waals surface area contributed by atoms with Gasteiger partial charge < -0.3 is 19.8 Å². The molecule has 0 radical (unpaired) electrons. The molecule has 0 saturated carbocycles. The van der Waals surface area contributed by atoms with Crippen LogP contribution in [-0.4, -0.2) is 23.2 Å². The Morgan fingerprint density at radius 3 is 2.45 bits per heavy atom. The third kappa shape index (κ3) is 1.84. The fraction of sp³-hybridized carbons (Fsp3) is 0.133. The van der Waals surface area contributed by atoms with E-state index < -0.39 is 0 Å². The van der Waals surface area contributed by atoms with Gasteiger partial charge in [-0.15, -0.1) is 0 Å². The van der Waals surface area contributed by atoms with Crippen LogP contribution < -0.4 is 9.64 Å². The summed E-state index contributed by atoms with van der Waals surface area (Å²) >= 11 is 0. The number of methoxy groups -OCH3 is 1. The summed E-state index contributed by atoms with van der Waals surface area (Å²) in [6.07, 6.45) is 0. The molecule has 0 spiro atoms. The lowest BCUT2D eigenvalue weighted by atomic mass is 10.1. The van der Waals surface area contributed by atoms with Crippen molar-refractivity contribution >= 4 is 11.6 Å². The molecule has 1 amide bonds. The van der Waals surface area contributed by atoms with E-state index in [0.717, 1.165) is 5.56 Å². The minimum Gasteiger partial charge on any atom is -0.508 e. The second-order valence-electron chi connectivity index (χ2n) is 4.58. The number of carbonyl (C=O) groups is 1. The molecule has 0 bridgehead atoms. The predicted octanol–water partition coefficient (Wildman–Crippen LogP) is 2.27. The van der Waals surface area contributed by atoms with E-state index >= 15 is 0 Å². The Morgan fingerprint density at radius 1 is 1.10 bits per heavy atom. The third-order valence-corrected chi connectivity index (χ3v) is 3.37. The van der Waals surface area contributed by atoms with Crippen molar-refractivity contribution in [3.05, 3.63) is 47.5 Å². The number of anilines is 1. The van der Waals surface area contributed by atoms with E-state index in [1.165, 1.54) is 31.4 Å². The molecule has 1 aliphatic heterocycles. The van der Waals surface area contributed by atoms with Gasteiger partial charge in [-0.25, -0.2) is 0 Å². The number of phenolic OH excluding ortho intramolecular Hbond substituents is 2. The first-order chi connectivity index (χ1) is 9.60. The normalized spacial score (nSPS) is 13.4. The van der Waals surface area contributed by atoms with Gasteiger partial charge in [0.2, 0.25) is 0 Å². The number of hydrogen-bond acceptors (Lipinski definition) is 4. The zero-order valence-electron chi connectivity index (χ0n) is 10.8. The molecule has 0 fully saturated rings. The predicted molar refractivity (Wildman–Crippen MR) is 73.3 cm³/mol. The lowest BCUT2D eigenvalue weighted by Crippen LogP contribution is -2.22. The van der Waals surface area contributed by atoms with Gasteiger partial charge in [0, 0.05) is 17.3 Å². The quantitative estimate of drug-likeness (QED) is 0.879. The van der Waals surface area contributed by atoms with Crippen molar-refractivity contribution in [1.29, 1.82) is 0 Å². The minimum atomic E-state index is -0.195. The molecule has 0 atom stereocenters. The molecule has 5 heteroatoms. The molecule has 2 aromatic rings. The van der Waals surface area contributed by atoms with Crippen molar-refractivity contribution in [3.63, 3.8) is 0 Å². The van der Waals surface area contributed by atoms with E-state index in [4.69, 9.17) is 4.74 Å². The van der Waals surface area contributed by atoms with Gasteiger partial charge >= 0.3 is 0 Å². The number of ether oxygens (including phenoxy) is 1. The molecular weight excluding hydrogens is 258 g/mol. The summed E-state index contributed by atoms with van der Waals surface area (Å²) in [6, 6.07) is 9.34. The van der Waals surface area contributed by atoms with Gasteiger partial charge in [0.15, 0.2) is 0 Å². The zero-order valence-corrected chi connectivity index (χ0v) is 10.8. The van der Waals surface area contributed by atoms with E-state index in [-0.39, 0.29) is 17.4 Å². The molecule has 3 rings (SSSR count). The van der Waals surface area contributed by atoms with Crippen LogP contribution >= 0.6 is 0 Å². The van der Waals surface area contributed by atoms with Crippen LogP contribution in [0.3, 0.4) is 0 Å². The number of aromatic hydroxyl groups is 2. The van der Waals surface area contributed by atoms with E-state index in [2.05, 4.69) is 0 Å². The van der Waals surface area contributed by atoms with Gasteiger partial charge in [-0.1, -0.05) is 0 Å². The topological polar surface area (TPSA) is 70.0 Å². The Balaban J connectivity index is 2.04. The van der Waals surface area contributed by atoms with Crippen molar-refractivity contribution in [2.75, 3.05) is 12.0 Å². The molecule has 102 valence electrons. The fourth-order valence-electron chi connectivity index (χ4n) is 2.38. The number of rotatable bonds is 2. The number of hydrogen-bond donors (Lipinski definition) is 2. The summed E-state index contributed by atoms with van der Waals surface area (Å²) in [7, 11) is 1.50. The van der Waals surface area contributed by atoms with Gasteiger partial charge in [-0.2, -0.15) is 0 Å². The Bertz CT molecular complexity index is 679. The maximum atomic E-state index is 12.4. The van der Waals surface area contributed by atoms with E-state index in [1.807, 2.05) is 0 Å². The number of amides is 1. The van der Waals surface area contributed by atoms with Gasteiger partial charge in [0.25, 0.3) is 5.91 Å². The Kier molecular flexibility index (Phi) is 2.75. The van der Waals surface area contributed by atoms with Crippen LogP contribution in [0.4, 0.5) is 5.69 Å². The Hall–Kier alpha value is -2.69. The monoisotopic (exact) mass is 271 g/mol. The largest absolute Gasteiger partial charge is 0.508 e. The Labute approximate surface area is 115 Å². The number of nitrogens with zero attached hydrogens (tertiary/aromatic N) is 1. The fourth-order valence-corrected chi connectivity index (χ4v) is 2.38. The van der Waals surface area contributed by atoms with Crippen molar-refractivity contribution < 1.29 is 19.7 Å². The SMILES string of the molecule is COc1cc(O)cc2c1CN(c1ccc(O)cc1)C2=O. The zero-order chi connectivity index (χ0) is 14.3. The first kappa shape index (κ1) is 12.3. The van der Waals surface area contributed by atoms with E-state index in [0.29, 0.717) is 23.5 Å². The molecule has 2 N–H and O–H groups in total. The summed E-state index contributed by atoms with van der Waals surface area (Å²) in [5.74, 6) is 0.448. The lowest BCUT2D eigenvalue weighted by molar-refractivity contribution is 0.0996. The molecule has 0 aromatic heterocycles. The van der Waals surface area contributed by atoms with Crippen LogP contribution in [0.15, 0.2) is 36.4 Å². The highest BCUT2D eigenvalue weighted by molar-refractivity contribution is 6.10. The standard InChI is InChI=1S/C15H13NO4/c1-20-14-7-11(18)6-12-13(14)8-16(15(12)19)9-2-4-10(17)5-3-9/h2-7,17-18H,8H2,1H3. The molecule has 0 saturated heterocycles. The van der Waals surface area contributed by atoms with Gasteiger partial charge in [-0.05, 0) is 30.3 Å². The molecule has 0 aliphatic carbocycles. The van der Waals surface area contributed by atoms with Crippen molar-refractivity contribution in [2.45, 2.75) is 6.54 Å². The molecule has 0 unspecified atom stereocenters. The highest BCUT2D eigenvalue weighted by Crippen LogP contribution is 2.37. The summed E-state index contributed by atoms with van der Waals surface area (Å²) in [5.41, 5.74) is 1.88. The first-order valence-electron chi connectivity index (χ1n) is 6.11. The number of carbonyl (C=O) groups excluding carboxylic acids is 1. The second-order valence-corrected chi connectivity index (χ2v) is 4.58. The van der Waals surface area contributed by atoms with Crippen LogP contribution in [-0.2, 0) is 6.54 Å². The second kappa shape index (κ2) is 4.45. The van der Waals surface area contributed by atoms with E-state index in [9.17, 15) is 15.0 Å². The minimum absolute atomic E-state index is 0.00139.